The number of hydrogen-bond donors (Lipinski definition) is 1. The summed E-state index contributed by atoms with van der Waals surface area (Å²) in [4.78, 5) is 0. The van der Waals surface area contributed by atoms with E-state index in [4.69, 9.17) is 4.11 Å². The minimum Gasteiger partial charge on any atom is -0.213 e. The molecule has 0 unspecified atom stereocenters. The van der Waals surface area contributed by atoms with E-state index in [2.05, 4.69) is 0 Å². The average Bonchev–Trinajstić information content (AvgIpc) is 2.49. The molecule has 3 nitrogen and oxygen atoms in total. The van der Waals surface area contributed by atoms with Crippen molar-refractivity contribution in [1.82, 2.24) is 4.72 Å². The van der Waals surface area contributed by atoms with Gasteiger partial charge in [0.1, 0.15) is 0 Å². The third-order valence-electron chi connectivity index (χ3n) is 3.17. The molecule has 1 N–H and O–H groups in total. The summed E-state index contributed by atoms with van der Waals surface area (Å²) in [6.07, 6.45) is -7.93. The van der Waals surface area contributed by atoms with Gasteiger partial charge in [0.15, 0.2) is 0 Å². The Morgan fingerprint density at radius 3 is 1.07 bits per heavy atom. The maximum atomic E-state index is 13.4. The van der Waals surface area contributed by atoms with Crippen LogP contribution in [0.2, 0.25) is 0 Å². The molecule has 0 fully saturated rings. The molecule has 0 rings (SSSR count). The van der Waals surface area contributed by atoms with Gasteiger partial charge < -0.3 is 0 Å². The molecule has 0 aliphatic rings. The van der Waals surface area contributed by atoms with Crippen molar-refractivity contribution in [3.05, 3.63) is 0 Å². The van der Waals surface area contributed by atoms with Crippen LogP contribution in [0.3, 0.4) is 0 Å². The van der Waals surface area contributed by atoms with Gasteiger partial charge in [-0.2, -0.15) is 74.6 Å². The van der Waals surface area contributed by atoms with E-state index in [1.54, 1.807) is 0 Å². The number of alkyl halides is 17. The van der Waals surface area contributed by atoms with Crippen molar-refractivity contribution in [2.75, 3.05) is 6.98 Å². The predicted molar refractivity (Wildman–Crippen MR) is 58.7 cm³/mol. The molecule has 0 aliphatic carbocycles. The summed E-state index contributed by atoms with van der Waals surface area (Å²) >= 11 is 0. The van der Waals surface area contributed by atoms with Crippen LogP contribution in [0.1, 0.15) is 4.11 Å². The fraction of sp³-hybridized carbons (Fsp3) is 1.00. The van der Waals surface area contributed by atoms with Crippen LogP contribution in [0.25, 0.3) is 0 Å². The van der Waals surface area contributed by atoms with Crippen LogP contribution in [0.4, 0.5) is 74.6 Å². The van der Waals surface area contributed by atoms with Crippen molar-refractivity contribution in [2.45, 2.75) is 47.0 Å². The fourth-order valence-corrected chi connectivity index (χ4v) is 1.98. The summed E-state index contributed by atoms with van der Waals surface area (Å²) in [5.74, 6) is -52.4. The monoisotopic (exact) mass is 516 g/mol. The quantitative estimate of drug-likeness (QED) is 0.484. The van der Waals surface area contributed by atoms with Crippen LogP contribution in [-0.2, 0) is 10.0 Å². The van der Waals surface area contributed by atoms with E-state index >= 15 is 0 Å². The molecule has 0 saturated carbocycles. The molecule has 0 radical (unpaired) electrons. The van der Waals surface area contributed by atoms with Crippen LogP contribution >= 0.6 is 0 Å². The Bertz CT molecular complexity index is 847. The third-order valence-corrected chi connectivity index (χ3v) is 4.37. The van der Waals surface area contributed by atoms with E-state index in [9.17, 15) is 83.1 Å². The van der Waals surface area contributed by atoms with Crippen molar-refractivity contribution in [2.24, 2.45) is 0 Å². The Labute approximate surface area is 157 Å². The molecule has 0 atom stereocenters. The first-order valence-electron chi connectivity index (χ1n) is 7.45. The lowest BCUT2D eigenvalue weighted by Gasteiger charge is -2.42. The Kier molecular flexibility index (Phi) is 5.35. The highest BCUT2D eigenvalue weighted by Crippen LogP contribution is 2.64. The molecular formula is C9H4F17NO2S. The first-order valence-corrected chi connectivity index (χ1v) is 7.44. The van der Waals surface area contributed by atoms with Gasteiger partial charge in [-0.15, -0.1) is 0 Å². The van der Waals surface area contributed by atoms with E-state index < -0.39 is 68.7 Å². The van der Waals surface area contributed by atoms with Gasteiger partial charge in [-0.1, -0.05) is 0 Å². The van der Waals surface area contributed by atoms with Crippen LogP contribution in [0.5, 0.6) is 0 Å². The summed E-state index contributed by atoms with van der Waals surface area (Å²) in [6.45, 7) is -4.51. The fourth-order valence-electron chi connectivity index (χ4n) is 1.38. The molecule has 0 amide bonds. The lowest BCUT2D eigenvalue weighted by atomic mass is 9.91. The van der Waals surface area contributed by atoms with Crippen molar-refractivity contribution < 1.29 is 87.2 Å². The molecule has 0 aliphatic heterocycles. The summed E-state index contributed by atoms with van der Waals surface area (Å²) in [5.41, 5.74) is 0. The molecule has 0 saturated heterocycles. The Hall–Kier alpha value is -1.28. The summed E-state index contributed by atoms with van der Waals surface area (Å²) in [6, 6.07) is 0. The van der Waals surface area contributed by atoms with Gasteiger partial charge in [0.05, 0.1) is 0 Å². The van der Waals surface area contributed by atoms with Gasteiger partial charge in [-0.25, -0.2) is 13.1 Å². The molecule has 0 aromatic rings. The van der Waals surface area contributed by atoms with E-state index in [0.717, 1.165) is 0 Å². The lowest BCUT2D eigenvalue weighted by molar-refractivity contribution is -0.458. The second kappa shape index (κ2) is 6.86. The van der Waals surface area contributed by atoms with Crippen LogP contribution in [0.15, 0.2) is 0 Å². The number of sulfonamides is 1. The third kappa shape index (κ3) is 3.25. The molecule has 0 heterocycles. The lowest BCUT2D eigenvalue weighted by Crippen LogP contribution is -2.75. The van der Waals surface area contributed by atoms with Crippen molar-refractivity contribution in [3.63, 3.8) is 0 Å². The highest BCUT2D eigenvalue weighted by atomic mass is 32.2. The largest absolute Gasteiger partial charge is 0.460 e. The molecule has 0 aromatic heterocycles. The van der Waals surface area contributed by atoms with Crippen LogP contribution in [0, 0.1) is 0 Å². The Morgan fingerprint density at radius 2 is 0.800 bits per heavy atom. The maximum Gasteiger partial charge on any atom is 0.460 e. The molecule has 0 spiro atoms. The molecule has 21 heteroatoms. The van der Waals surface area contributed by atoms with E-state index in [0.29, 0.717) is 0 Å². The first-order chi connectivity index (χ1) is 13.7. The van der Waals surface area contributed by atoms with Gasteiger partial charge in [-0.05, 0) is 6.98 Å². The van der Waals surface area contributed by atoms with E-state index in [1.165, 1.54) is 0 Å². The number of halogens is 17. The Balaban J connectivity index is 6.96. The Morgan fingerprint density at radius 1 is 0.533 bits per heavy atom. The first kappa shape index (κ1) is 23.4. The van der Waals surface area contributed by atoms with Gasteiger partial charge in [0, 0.05) is 4.11 Å². The minimum absolute atomic E-state index is 0.462. The topological polar surface area (TPSA) is 46.2 Å². The number of nitrogens with one attached hydrogen (secondary N) is 1. The second-order valence-electron chi connectivity index (χ2n) is 5.07. The molecule has 0 aromatic carbocycles. The highest BCUT2D eigenvalue weighted by molar-refractivity contribution is 7.90. The van der Waals surface area contributed by atoms with Crippen molar-refractivity contribution in [3.8, 4) is 0 Å². The molecule has 182 valence electrons. The standard InChI is InChI=1S/C9H4F17NO2S/c1-27-30(28,29)9(25,26)7(20,21)5(16,17)3(12,13)2(10,11)4(14,15)6(18,19)8(22,23)24/h27H,1H3/i1D3. The predicted octanol–water partition coefficient (Wildman–Crippen LogP) is 4.50. The zero-order valence-electron chi connectivity index (χ0n) is 15.7. The zero-order chi connectivity index (χ0) is 27.7. The zero-order valence-corrected chi connectivity index (χ0v) is 13.5. The van der Waals surface area contributed by atoms with E-state index in [-0.39, 0.29) is 0 Å². The minimum atomic E-state index is -8.97. The van der Waals surface area contributed by atoms with Gasteiger partial charge >= 0.3 is 47.0 Å². The second-order valence-corrected chi connectivity index (χ2v) is 6.79. The van der Waals surface area contributed by atoms with Gasteiger partial charge in [0.25, 0.3) is 10.0 Å². The number of hydrogen-bond acceptors (Lipinski definition) is 2. The smallest absolute Gasteiger partial charge is 0.213 e. The summed E-state index contributed by atoms with van der Waals surface area (Å²) in [5, 5.41) is -7.90. The van der Waals surface area contributed by atoms with Crippen LogP contribution < -0.4 is 4.72 Å². The van der Waals surface area contributed by atoms with Crippen LogP contribution in [-0.4, -0.2) is 62.4 Å². The molecule has 30 heavy (non-hydrogen) atoms. The normalized spacial score (nSPS) is 18.6. The van der Waals surface area contributed by atoms with Crippen molar-refractivity contribution >= 4 is 10.0 Å². The highest BCUT2D eigenvalue weighted by Gasteiger charge is 2.96. The average molecular weight is 516 g/mol. The van der Waals surface area contributed by atoms with Gasteiger partial charge in [-0.3, -0.25) is 0 Å². The number of rotatable bonds is 8. The van der Waals surface area contributed by atoms with Crippen molar-refractivity contribution in [1.29, 1.82) is 0 Å². The van der Waals surface area contributed by atoms with Gasteiger partial charge in [0.2, 0.25) is 0 Å². The molecule has 0 bridgehead atoms. The summed E-state index contributed by atoms with van der Waals surface area (Å²) in [7, 11) is -7.82. The maximum absolute atomic E-state index is 13.4. The SMILES string of the molecule is [2H]C([2H])([2H])NS(=O)(=O)C(F)(F)C(F)(F)C(F)(F)C(F)(F)C(F)(F)C(F)(F)C(F)(F)C(F)(F)F. The summed E-state index contributed by atoms with van der Waals surface area (Å²) < 4.78 is 260. The molecular weight excluding hydrogens is 509 g/mol. The van der Waals surface area contributed by atoms with E-state index in [1.807, 2.05) is 0 Å².